The topological polar surface area (TPSA) is 35.5 Å². The molecule has 17 heavy (non-hydrogen) atoms. The van der Waals surface area contributed by atoms with Crippen LogP contribution in [0.1, 0.15) is 5.56 Å². The van der Waals surface area contributed by atoms with Crippen LogP contribution in [-0.2, 0) is 16.0 Å². The Hall–Kier alpha value is -1.07. The van der Waals surface area contributed by atoms with Crippen molar-refractivity contribution in [2.24, 2.45) is 0 Å². The van der Waals surface area contributed by atoms with Gasteiger partial charge < -0.3 is 9.47 Å². The summed E-state index contributed by atoms with van der Waals surface area (Å²) in [4.78, 5) is 11.0. The summed E-state index contributed by atoms with van der Waals surface area (Å²) in [5.74, 6) is -0.795. The van der Waals surface area contributed by atoms with Gasteiger partial charge in [-0.2, -0.15) is 8.78 Å². The number of hydrogen-bond donors (Lipinski definition) is 0. The molecule has 0 atom stereocenters. The zero-order valence-electron chi connectivity index (χ0n) is 8.68. The van der Waals surface area contributed by atoms with Crippen LogP contribution >= 0.6 is 23.2 Å². The Balaban J connectivity index is 2.96. The molecule has 0 unspecified atom stereocenters. The van der Waals surface area contributed by atoms with Crippen molar-refractivity contribution >= 4 is 29.2 Å². The van der Waals surface area contributed by atoms with E-state index in [2.05, 4.69) is 9.47 Å². The van der Waals surface area contributed by atoms with Gasteiger partial charge in [0.05, 0.1) is 23.6 Å². The molecular weight excluding hydrogens is 277 g/mol. The van der Waals surface area contributed by atoms with Crippen LogP contribution in [0.2, 0.25) is 10.0 Å². The summed E-state index contributed by atoms with van der Waals surface area (Å²) in [5.41, 5.74) is 0.452. The molecular formula is C10H8Cl2F2O3. The van der Waals surface area contributed by atoms with Gasteiger partial charge in [0.2, 0.25) is 0 Å². The fraction of sp³-hybridized carbons (Fsp3) is 0.300. The summed E-state index contributed by atoms with van der Waals surface area (Å²) in [6.45, 7) is -3.02. The number of esters is 1. The van der Waals surface area contributed by atoms with E-state index in [9.17, 15) is 13.6 Å². The molecule has 0 spiro atoms. The van der Waals surface area contributed by atoms with Crippen molar-refractivity contribution in [1.29, 1.82) is 0 Å². The van der Waals surface area contributed by atoms with Crippen molar-refractivity contribution in [3.05, 3.63) is 27.7 Å². The van der Waals surface area contributed by atoms with Gasteiger partial charge in [-0.15, -0.1) is 0 Å². The first-order valence-corrected chi connectivity index (χ1v) is 5.19. The third-order valence-corrected chi connectivity index (χ3v) is 2.40. The molecule has 0 aliphatic carbocycles. The van der Waals surface area contributed by atoms with E-state index in [0.717, 1.165) is 0 Å². The molecule has 0 aliphatic heterocycles. The van der Waals surface area contributed by atoms with Gasteiger partial charge in [0.25, 0.3) is 0 Å². The van der Waals surface area contributed by atoms with Gasteiger partial charge in [-0.05, 0) is 17.7 Å². The maximum atomic E-state index is 12.0. The van der Waals surface area contributed by atoms with E-state index in [1.165, 1.54) is 19.2 Å². The normalized spacial score (nSPS) is 10.5. The zero-order chi connectivity index (χ0) is 13.0. The number of hydrogen-bond acceptors (Lipinski definition) is 3. The second-order valence-electron chi connectivity index (χ2n) is 3.02. The Kier molecular flexibility index (Phi) is 4.96. The number of halogens is 4. The van der Waals surface area contributed by atoms with Crippen molar-refractivity contribution in [2.45, 2.75) is 13.0 Å². The predicted molar refractivity (Wildman–Crippen MR) is 58.8 cm³/mol. The van der Waals surface area contributed by atoms with E-state index in [1.54, 1.807) is 0 Å². The fourth-order valence-corrected chi connectivity index (χ4v) is 1.78. The molecule has 0 heterocycles. The van der Waals surface area contributed by atoms with Crippen LogP contribution in [0.3, 0.4) is 0 Å². The minimum absolute atomic E-state index is 0.0507. The summed E-state index contributed by atoms with van der Waals surface area (Å²) in [7, 11) is 1.24. The largest absolute Gasteiger partial charge is 0.469 e. The smallest absolute Gasteiger partial charge is 0.387 e. The number of ether oxygens (including phenoxy) is 2. The van der Waals surface area contributed by atoms with Gasteiger partial charge in [0.15, 0.2) is 5.75 Å². The second-order valence-corrected chi connectivity index (χ2v) is 3.83. The van der Waals surface area contributed by atoms with Crippen LogP contribution < -0.4 is 4.74 Å². The molecule has 0 fully saturated rings. The quantitative estimate of drug-likeness (QED) is 0.796. The maximum Gasteiger partial charge on any atom is 0.387 e. The first kappa shape index (κ1) is 14.0. The van der Waals surface area contributed by atoms with Gasteiger partial charge in [-0.3, -0.25) is 4.79 Å². The molecule has 1 aromatic carbocycles. The lowest BCUT2D eigenvalue weighted by molar-refractivity contribution is -0.139. The van der Waals surface area contributed by atoms with E-state index in [-0.39, 0.29) is 22.2 Å². The van der Waals surface area contributed by atoms with Crippen LogP contribution in [0.5, 0.6) is 5.75 Å². The SMILES string of the molecule is COC(=O)Cc1cc(Cl)c(OC(F)F)c(Cl)c1. The Morgan fingerprint density at radius 3 is 2.29 bits per heavy atom. The highest BCUT2D eigenvalue weighted by atomic mass is 35.5. The third kappa shape index (κ3) is 4.02. The van der Waals surface area contributed by atoms with E-state index in [1.807, 2.05) is 0 Å². The third-order valence-electron chi connectivity index (χ3n) is 1.84. The zero-order valence-corrected chi connectivity index (χ0v) is 10.2. The molecule has 0 amide bonds. The molecule has 0 radical (unpaired) electrons. The van der Waals surface area contributed by atoms with Crippen LogP contribution in [0.25, 0.3) is 0 Å². The first-order chi connectivity index (χ1) is 7.93. The summed E-state index contributed by atoms with van der Waals surface area (Å²) in [6, 6.07) is 2.64. The lowest BCUT2D eigenvalue weighted by atomic mass is 10.1. The number of methoxy groups -OCH3 is 1. The maximum absolute atomic E-state index is 12.0. The number of alkyl halides is 2. The second kappa shape index (κ2) is 6.02. The summed E-state index contributed by atoms with van der Waals surface area (Å²) < 4.78 is 32.7. The molecule has 0 aliphatic rings. The van der Waals surface area contributed by atoms with Crippen molar-refractivity contribution in [3.8, 4) is 5.75 Å². The molecule has 0 bridgehead atoms. The van der Waals surface area contributed by atoms with E-state index >= 15 is 0 Å². The molecule has 1 rings (SSSR count). The standard InChI is InChI=1S/C10H8Cl2F2O3/c1-16-8(15)4-5-2-6(11)9(7(12)3-5)17-10(13)14/h2-3,10H,4H2,1H3. The van der Waals surface area contributed by atoms with Crippen LogP contribution in [0.15, 0.2) is 12.1 Å². The highest BCUT2D eigenvalue weighted by Gasteiger charge is 2.15. The molecule has 1 aromatic rings. The Morgan fingerprint density at radius 1 is 1.35 bits per heavy atom. The highest BCUT2D eigenvalue weighted by molar-refractivity contribution is 6.37. The molecule has 3 nitrogen and oxygen atoms in total. The van der Waals surface area contributed by atoms with E-state index < -0.39 is 12.6 Å². The number of benzene rings is 1. The molecule has 0 aromatic heterocycles. The monoisotopic (exact) mass is 284 g/mol. The molecule has 0 N–H and O–H groups in total. The minimum Gasteiger partial charge on any atom is -0.469 e. The van der Waals surface area contributed by atoms with E-state index in [0.29, 0.717) is 5.56 Å². The van der Waals surface area contributed by atoms with Gasteiger partial charge in [-0.1, -0.05) is 23.2 Å². The molecule has 0 saturated carbocycles. The summed E-state index contributed by atoms with van der Waals surface area (Å²) >= 11 is 11.4. The molecule has 7 heteroatoms. The van der Waals surface area contributed by atoms with Gasteiger partial charge in [0, 0.05) is 0 Å². The Labute approximate surface area is 106 Å². The van der Waals surface area contributed by atoms with Gasteiger partial charge >= 0.3 is 12.6 Å². The van der Waals surface area contributed by atoms with E-state index in [4.69, 9.17) is 23.2 Å². The van der Waals surface area contributed by atoms with Crippen molar-refractivity contribution < 1.29 is 23.0 Å². The first-order valence-electron chi connectivity index (χ1n) is 4.43. The van der Waals surface area contributed by atoms with Crippen molar-refractivity contribution in [1.82, 2.24) is 0 Å². The van der Waals surface area contributed by atoms with Crippen LogP contribution in [0.4, 0.5) is 8.78 Å². The van der Waals surface area contributed by atoms with Crippen molar-refractivity contribution in [3.63, 3.8) is 0 Å². The fourth-order valence-electron chi connectivity index (χ4n) is 1.15. The lowest BCUT2D eigenvalue weighted by Crippen LogP contribution is -2.06. The Morgan fingerprint density at radius 2 is 1.88 bits per heavy atom. The highest BCUT2D eigenvalue weighted by Crippen LogP contribution is 2.35. The van der Waals surface area contributed by atoms with Gasteiger partial charge in [-0.25, -0.2) is 0 Å². The number of carbonyl (C=O) groups is 1. The Bertz CT molecular complexity index is 401. The number of carbonyl (C=O) groups excluding carboxylic acids is 1. The predicted octanol–water partition coefficient (Wildman–Crippen LogP) is 3.31. The summed E-state index contributed by atoms with van der Waals surface area (Å²) in [6.07, 6.45) is -0.0507. The average Bonchev–Trinajstić information content (AvgIpc) is 2.23. The minimum atomic E-state index is -3.02. The number of rotatable bonds is 4. The average molecular weight is 285 g/mol. The van der Waals surface area contributed by atoms with Gasteiger partial charge in [0.1, 0.15) is 0 Å². The van der Waals surface area contributed by atoms with Crippen LogP contribution in [-0.4, -0.2) is 19.7 Å². The molecule has 0 saturated heterocycles. The summed E-state index contributed by atoms with van der Waals surface area (Å²) in [5, 5.41) is -0.173. The lowest BCUT2D eigenvalue weighted by Gasteiger charge is -2.10. The molecule has 94 valence electrons. The van der Waals surface area contributed by atoms with Crippen LogP contribution in [0, 0.1) is 0 Å². The van der Waals surface area contributed by atoms with Crippen molar-refractivity contribution in [2.75, 3.05) is 7.11 Å².